The Labute approximate surface area is 177 Å². The number of nitrogens with one attached hydrogen (secondary N) is 1. The molecule has 9 nitrogen and oxygen atoms in total. The molecule has 30 heavy (non-hydrogen) atoms. The zero-order valence-electron chi connectivity index (χ0n) is 16.1. The first kappa shape index (κ1) is 20.5. The molecule has 1 fully saturated rings. The van der Waals surface area contributed by atoms with Crippen LogP contribution in [0.25, 0.3) is 11.5 Å². The Kier molecular flexibility index (Phi) is 5.84. The fourth-order valence-electron chi connectivity index (χ4n) is 3.31. The second kappa shape index (κ2) is 8.54. The number of rotatable bonds is 6. The molecule has 1 N–H and O–H groups in total. The third-order valence-electron chi connectivity index (χ3n) is 4.91. The molecule has 0 saturated carbocycles. The number of carbonyl (C=O) groups excluding carboxylic acids is 1. The minimum Gasteiger partial charge on any atom is -0.496 e. The maximum absolute atomic E-state index is 12.6. The maximum Gasteiger partial charge on any atom is 0.322 e. The highest BCUT2D eigenvalue weighted by molar-refractivity contribution is 7.91. The van der Waals surface area contributed by atoms with Crippen molar-refractivity contribution in [1.29, 1.82) is 0 Å². The van der Waals surface area contributed by atoms with Gasteiger partial charge in [0.15, 0.2) is 0 Å². The summed E-state index contributed by atoms with van der Waals surface area (Å²) in [5.41, 5.74) is 0.625. The van der Waals surface area contributed by atoms with Crippen LogP contribution in [-0.4, -0.2) is 49.0 Å². The lowest BCUT2D eigenvalue weighted by atomic mass is 9.97. The van der Waals surface area contributed by atoms with Gasteiger partial charge in [-0.2, -0.15) is 4.31 Å². The van der Waals surface area contributed by atoms with E-state index in [2.05, 4.69) is 15.5 Å². The standard InChI is InChI=1S/C19H20N4O5S2/c1-27-15-6-3-2-5-14(15)18-21-22-19(28-18)20-17(24)13-8-10-23(11-9-13)30(25,26)16-7-4-12-29-16/h2-7,12-13H,8-11H2,1H3,(H,20,22,24). The summed E-state index contributed by atoms with van der Waals surface area (Å²) in [6.07, 6.45) is 0.841. The van der Waals surface area contributed by atoms with Crippen LogP contribution in [-0.2, 0) is 14.8 Å². The number of para-hydroxylation sites is 1. The number of carbonyl (C=O) groups is 1. The number of hydrogen-bond acceptors (Lipinski definition) is 8. The molecule has 0 atom stereocenters. The Hall–Kier alpha value is -2.76. The Morgan fingerprint density at radius 1 is 1.20 bits per heavy atom. The molecule has 0 bridgehead atoms. The molecule has 1 aromatic carbocycles. The Morgan fingerprint density at radius 2 is 1.97 bits per heavy atom. The van der Waals surface area contributed by atoms with Crippen LogP contribution in [0.2, 0.25) is 0 Å². The first-order chi connectivity index (χ1) is 14.5. The summed E-state index contributed by atoms with van der Waals surface area (Å²) in [6.45, 7) is 0.573. The van der Waals surface area contributed by atoms with Crippen molar-refractivity contribution in [3.05, 3.63) is 41.8 Å². The smallest absolute Gasteiger partial charge is 0.322 e. The van der Waals surface area contributed by atoms with Crippen molar-refractivity contribution in [3.63, 3.8) is 0 Å². The van der Waals surface area contributed by atoms with Gasteiger partial charge in [-0.25, -0.2) is 8.42 Å². The van der Waals surface area contributed by atoms with Crippen molar-refractivity contribution in [2.45, 2.75) is 17.1 Å². The summed E-state index contributed by atoms with van der Waals surface area (Å²) >= 11 is 1.19. The summed E-state index contributed by atoms with van der Waals surface area (Å²) < 4.78 is 37.8. The third-order valence-corrected chi connectivity index (χ3v) is 8.18. The van der Waals surface area contributed by atoms with E-state index in [-0.39, 0.29) is 36.8 Å². The van der Waals surface area contributed by atoms with E-state index in [1.807, 2.05) is 12.1 Å². The number of methoxy groups -OCH3 is 1. The van der Waals surface area contributed by atoms with Crippen LogP contribution >= 0.6 is 11.3 Å². The second-order valence-electron chi connectivity index (χ2n) is 6.71. The van der Waals surface area contributed by atoms with Crippen LogP contribution in [0.4, 0.5) is 6.01 Å². The van der Waals surface area contributed by atoms with Crippen molar-refractivity contribution in [3.8, 4) is 17.2 Å². The maximum atomic E-state index is 12.6. The Bertz CT molecular complexity index is 1120. The van der Waals surface area contributed by atoms with Gasteiger partial charge in [-0.3, -0.25) is 10.1 Å². The van der Waals surface area contributed by atoms with Crippen LogP contribution < -0.4 is 10.1 Å². The van der Waals surface area contributed by atoms with E-state index in [4.69, 9.17) is 9.15 Å². The Morgan fingerprint density at radius 3 is 2.67 bits per heavy atom. The number of hydrogen-bond donors (Lipinski definition) is 1. The number of nitrogens with zero attached hydrogens (tertiary/aromatic N) is 3. The molecule has 3 heterocycles. The fourth-order valence-corrected chi connectivity index (χ4v) is 5.92. The van der Waals surface area contributed by atoms with Gasteiger partial charge in [-0.05, 0) is 36.4 Å². The molecule has 158 valence electrons. The summed E-state index contributed by atoms with van der Waals surface area (Å²) in [6, 6.07) is 10.5. The van der Waals surface area contributed by atoms with Crippen molar-refractivity contribution >= 4 is 33.3 Å². The summed E-state index contributed by atoms with van der Waals surface area (Å²) in [5, 5.41) is 12.2. The minimum absolute atomic E-state index is 0.00505. The average molecular weight is 449 g/mol. The molecule has 0 radical (unpaired) electrons. The van der Waals surface area contributed by atoms with E-state index in [1.165, 1.54) is 15.6 Å². The van der Waals surface area contributed by atoms with Crippen molar-refractivity contribution in [1.82, 2.24) is 14.5 Å². The van der Waals surface area contributed by atoms with Gasteiger partial charge in [0, 0.05) is 19.0 Å². The number of anilines is 1. The fraction of sp³-hybridized carbons (Fsp3) is 0.316. The molecule has 1 amide bonds. The lowest BCUT2D eigenvalue weighted by Gasteiger charge is -2.29. The number of ether oxygens (including phenoxy) is 1. The monoisotopic (exact) mass is 448 g/mol. The van der Waals surface area contributed by atoms with Crippen LogP contribution in [0.3, 0.4) is 0 Å². The molecule has 0 spiro atoms. The van der Waals surface area contributed by atoms with Gasteiger partial charge in [0.2, 0.25) is 5.91 Å². The lowest BCUT2D eigenvalue weighted by molar-refractivity contribution is -0.121. The average Bonchev–Trinajstić information content (AvgIpc) is 3.46. The van der Waals surface area contributed by atoms with Crippen molar-refractivity contribution in [2.75, 3.05) is 25.5 Å². The highest BCUT2D eigenvalue weighted by Gasteiger charge is 2.33. The van der Waals surface area contributed by atoms with E-state index < -0.39 is 10.0 Å². The quantitative estimate of drug-likeness (QED) is 0.617. The molecule has 4 rings (SSSR count). The molecule has 1 saturated heterocycles. The van der Waals surface area contributed by atoms with E-state index >= 15 is 0 Å². The molecule has 1 aliphatic rings. The molecular weight excluding hydrogens is 428 g/mol. The first-order valence-electron chi connectivity index (χ1n) is 9.30. The van der Waals surface area contributed by atoms with Crippen LogP contribution in [0.5, 0.6) is 5.75 Å². The molecule has 2 aromatic heterocycles. The second-order valence-corrected chi connectivity index (χ2v) is 9.82. The van der Waals surface area contributed by atoms with Gasteiger partial charge in [0.25, 0.3) is 15.9 Å². The SMILES string of the molecule is COc1ccccc1-c1nnc(NC(=O)C2CCN(S(=O)(=O)c3cccs3)CC2)o1. The normalized spacial score (nSPS) is 15.8. The molecular formula is C19H20N4O5S2. The van der Waals surface area contributed by atoms with Crippen LogP contribution in [0, 0.1) is 5.92 Å². The zero-order chi connectivity index (χ0) is 21.1. The summed E-state index contributed by atoms with van der Waals surface area (Å²) in [4.78, 5) is 12.6. The van der Waals surface area contributed by atoms with Gasteiger partial charge in [0.1, 0.15) is 9.96 Å². The lowest BCUT2D eigenvalue weighted by Crippen LogP contribution is -2.41. The number of sulfonamides is 1. The van der Waals surface area contributed by atoms with E-state index in [0.717, 1.165) is 0 Å². The van der Waals surface area contributed by atoms with Crippen molar-refractivity contribution < 1.29 is 22.4 Å². The number of aromatic nitrogens is 2. The first-order valence-corrected chi connectivity index (χ1v) is 11.6. The van der Waals surface area contributed by atoms with Gasteiger partial charge in [-0.15, -0.1) is 16.4 Å². The van der Waals surface area contributed by atoms with Gasteiger partial charge >= 0.3 is 6.01 Å². The van der Waals surface area contributed by atoms with Gasteiger partial charge in [0.05, 0.1) is 12.7 Å². The van der Waals surface area contributed by atoms with E-state index in [0.29, 0.717) is 28.4 Å². The molecule has 11 heteroatoms. The Balaban J connectivity index is 1.37. The van der Waals surface area contributed by atoms with Crippen molar-refractivity contribution in [2.24, 2.45) is 5.92 Å². The van der Waals surface area contributed by atoms with E-state index in [9.17, 15) is 13.2 Å². The number of piperidine rings is 1. The minimum atomic E-state index is -3.49. The predicted molar refractivity (Wildman–Crippen MR) is 111 cm³/mol. The van der Waals surface area contributed by atoms with Crippen LogP contribution in [0.15, 0.2) is 50.4 Å². The molecule has 0 aliphatic carbocycles. The third kappa shape index (κ3) is 4.09. The van der Waals surface area contributed by atoms with E-state index in [1.54, 1.807) is 36.8 Å². The molecule has 0 unspecified atom stereocenters. The van der Waals surface area contributed by atoms with Gasteiger partial charge in [-0.1, -0.05) is 23.3 Å². The summed E-state index contributed by atoms with van der Waals surface area (Å²) in [7, 11) is -1.95. The predicted octanol–water partition coefficient (Wildman–Crippen LogP) is 2.85. The number of thiophene rings is 1. The zero-order valence-corrected chi connectivity index (χ0v) is 17.8. The highest BCUT2D eigenvalue weighted by atomic mass is 32.2. The summed E-state index contributed by atoms with van der Waals surface area (Å²) in [5.74, 6) is 0.220. The molecule has 3 aromatic rings. The number of benzene rings is 1. The largest absolute Gasteiger partial charge is 0.496 e. The highest BCUT2D eigenvalue weighted by Crippen LogP contribution is 2.30. The molecule has 1 aliphatic heterocycles. The topological polar surface area (TPSA) is 115 Å². The van der Waals surface area contributed by atoms with Crippen LogP contribution in [0.1, 0.15) is 12.8 Å². The number of amides is 1. The van der Waals surface area contributed by atoms with Gasteiger partial charge < -0.3 is 9.15 Å².